The van der Waals surface area contributed by atoms with E-state index in [1.54, 1.807) is 37.3 Å². The highest BCUT2D eigenvalue weighted by Gasteiger charge is 2.46. The van der Waals surface area contributed by atoms with Gasteiger partial charge in [0, 0.05) is 6.07 Å². The summed E-state index contributed by atoms with van der Waals surface area (Å²) in [6.45, 7) is 6.41. The number of Topliss-reactive ketones (excluding diaryl/α,β-unsaturated/α-hetero) is 1. The molecule has 4 rings (SSSR count). The van der Waals surface area contributed by atoms with Crippen LogP contribution in [0.4, 0.5) is 5.82 Å². The Morgan fingerprint density at radius 3 is 2.65 bits per heavy atom. The van der Waals surface area contributed by atoms with E-state index in [4.69, 9.17) is 18.4 Å². The first-order valence-corrected chi connectivity index (χ1v) is 10.9. The molecule has 1 aliphatic heterocycles. The number of hydrogen-bond donors (Lipinski definition) is 1. The van der Waals surface area contributed by atoms with Gasteiger partial charge in [0.05, 0.1) is 31.6 Å². The summed E-state index contributed by atoms with van der Waals surface area (Å²) in [5.74, 6) is 0.0207. The molecule has 0 aliphatic carbocycles. The van der Waals surface area contributed by atoms with E-state index in [1.165, 1.54) is 24.3 Å². The molecular formula is C25H26N2O7. The fraction of sp³-hybridized carbons (Fsp3) is 0.320. The number of nitrogens with zero attached hydrogens (tertiary/aromatic N) is 2. The second kappa shape index (κ2) is 9.46. The Bertz CT molecular complexity index is 1220. The lowest BCUT2D eigenvalue weighted by atomic mass is 9.94. The molecule has 0 radical (unpaired) electrons. The molecule has 34 heavy (non-hydrogen) atoms. The SMILES string of the molecule is COc1cc(C2C(C(=O)c3ccco3)=C(O)C(=O)N2c2cc(C)on2)ccc1OCCC(C)C. The standard InChI is InChI=1S/C25H26N2O7/c1-14(2)9-11-33-17-8-7-16(13-19(17)31-4)22-21(23(28)18-6-5-10-32-18)24(29)25(30)27(22)20-12-15(3)34-26-20/h5-8,10,12-14,22,29H,9,11H2,1-4H3. The van der Waals surface area contributed by atoms with Crippen molar-refractivity contribution < 1.29 is 33.1 Å². The Morgan fingerprint density at radius 2 is 2.03 bits per heavy atom. The first-order chi connectivity index (χ1) is 16.3. The van der Waals surface area contributed by atoms with Gasteiger partial charge >= 0.3 is 0 Å². The second-order valence-corrected chi connectivity index (χ2v) is 8.38. The van der Waals surface area contributed by atoms with Crippen molar-refractivity contribution in [2.45, 2.75) is 33.2 Å². The number of ether oxygens (including phenoxy) is 2. The van der Waals surface area contributed by atoms with Gasteiger partial charge in [-0.25, -0.2) is 0 Å². The van der Waals surface area contributed by atoms with E-state index in [-0.39, 0.29) is 17.2 Å². The van der Waals surface area contributed by atoms with E-state index in [0.29, 0.717) is 35.3 Å². The Morgan fingerprint density at radius 1 is 1.24 bits per heavy atom. The highest BCUT2D eigenvalue weighted by atomic mass is 16.5. The number of aromatic nitrogens is 1. The lowest BCUT2D eigenvalue weighted by molar-refractivity contribution is -0.117. The Kier molecular flexibility index (Phi) is 6.45. The number of aliphatic hydroxyl groups excluding tert-OH is 1. The van der Waals surface area contributed by atoms with E-state index < -0.39 is 23.5 Å². The van der Waals surface area contributed by atoms with Gasteiger partial charge in [-0.05, 0) is 49.1 Å². The van der Waals surface area contributed by atoms with Crippen molar-refractivity contribution in [2.75, 3.05) is 18.6 Å². The van der Waals surface area contributed by atoms with E-state index in [9.17, 15) is 14.7 Å². The molecule has 2 aromatic heterocycles. The van der Waals surface area contributed by atoms with Crippen molar-refractivity contribution in [1.82, 2.24) is 5.16 Å². The number of carbonyl (C=O) groups excluding carboxylic acids is 2. The molecule has 1 atom stereocenters. The van der Waals surface area contributed by atoms with Crippen molar-refractivity contribution in [2.24, 2.45) is 5.92 Å². The minimum Gasteiger partial charge on any atom is -0.503 e. The van der Waals surface area contributed by atoms with Gasteiger partial charge in [-0.1, -0.05) is 25.1 Å². The third kappa shape index (κ3) is 4.28. The third-order valence-corrected chi connectivity index (χ3v) is 5.52. The molecule has 1 aromatic carbocycles. The number of anilines is 1. The number of aliphatic hydroxyl groups is 1. The first kappa shape index (κ1) is 23.2. The van der Waals surface area contributed by atoms with Gasteiger partial charge in [0.1, 0.15) is 5.76 Å². The van der Waals surface area contributed by atoms with Gasteiger partial charge in [0.2, 0.25) is 5.78 Å². The number of rotatable bonds is 9. The van der Waals surface area contributed by atoms with Crippen LogP contribution in [0.1, 0.15) is 48.2 Å². The summed E-state index contributed by atoms with van der Waals surface area (Å²) in [5, 5.41) is 14.7. The van der Waals surface area contributed by atoms with Crippen LogP contribution in [0.25, 0.3) is 0 Å². The first-order valence-electron chi connectivity index (χ1n) is 10.9. The molecule has 0 spiro atoms. The minimum absolute atomic E-state index is 0.00172. The third-order valence-electron chi connectivity index (χ3n) is 5.52. The van der Waals surface area contributed by atoms with Crippen LogP contribution in [0.2, 0.25) is 0 Å². The van der Waals surface area contributed by atoms with Gasteiger partial charge in [0.25, 0.3) is 5.91 Å². The smallest absolute Gasteiger partial charge is 0.295 e. The molecule has 3 heterocycles. The largest absolute Gasteiger partial charge is 0.503 e. The molecule has 0 saturated carbocycles. The van der Waals surface area contributed by atoms with Crippen LogP contribution in [-0.4, -0.2) is 35.7 Å². The minimum atomic E-state index is -0.992. The summed E-state index contributed by atoms with van der Waals surface area (Å²) in [6.07, 6.45) is 2.22. The van der Waals surface area contributed by atoms with Gasteiger partial charge in [-0.2, -0.15) is 0 Å². The summed E-state index contributed by atoms with van der Waals surface area (Å²) in [4.78, 5) is 27.6. The molecule has 9 heteroatoms. The topological polar surface area (TPSA) is 115 Å². The Labute approximate surface area is 196 Å². The number of benzene rings is 1. The molecule has 9 nitrogen and oxygen atoms in total. The maximum absolute atomic E-state index is 13.3. The van der Waals surface area contributed by atoms with Crippen LogP contribution >= 0.6 is 0 Å². The van der Waals surface area contributed by atoms with Crippen molar-refractivity contribution in [3.05, 3.63) is 71.1 Å². The lowest BCUT2D eigenvalue weighted by Crippen LogP contribution is -2.31. The Balaban J connectivity index is 1.78. The zero-order chi connectivity index (χ0) is 24.4. The molecule has 1 amide bonds. The van der Waals surface area contributed by atoms with Crippen LogP contribution < -0.4 is 14.4 Å². The molecule has 0 fully saturated rings. The molecule has 0 saturated heterocycles. The van der Waals surface area contributed by atoms with Crippen molar-refractivity contribution in [3.63, 3.8) is 0 Å². The monoisotopic (exact) mass is 466 g/mol. The van der Waals surface area contributed by atoms with E-state index in [2.05, 4.69) is 19.0 Å². The average molecular weight is 466 g/mol. The lowest BCUT2D eigenvalue weighted by Gasteiger charge is -2.25. The summed E-state index contributed by atoms with van der Waals surface area (Å²) < 4.78 is 21.8. The summed E-state index contributed by atoms with van der Waals surface area (Å²) >= 11 is 0. The van der Waals surface area contributed by atoms with Gasteiger partial charge in [-0.15, -0.1) is 0 Å². The van der Waals surface area contributed by atoms with Gasteiger partial charge in [-0.3, -0.25) is 14.5 Å². The number of carbonyl (C=O) groups is 2. The zero-order valence-electron chi connectivity index (χ0n) is 19.4. The van der Waals surface area contributed by atoms with Crippen molar-refractivity contribution in [1.29, 1.82) is 0 Å². The molecule has 1 N–H and O–H groups in total. The summed E-state index contributed by atoms with van der Waals surface area (Å²) in [6, 6.07) is 8.71. The molecular weight excluding hydrogens is 440 g/mol. The molecule has 3 aromatic rings. The van der Waals surface area contributed by atoms with E-state index in [0.717, 1.165) is 6.42 Å². The van der Waals surface area contributed by atoms with Gasteiger partial charge in [0.15, 0.2) is 28.8 Å². The summed E-state index contributed by atoms with van der Waals surface area (Å²) in [5.41, 5.74) is 0.386. The number of amides is 1. The average Bonchev–Trinajstić information content (AvgIpc) is 3.54. The molecule has 1 aliphatic rings. The predicted octanol–water partition coefficient (Wildman–Crippen LogP) is 4.79. The second-order valence-electron chi connectivity index (χ2n) is 8.38. The fourth-order valence-corrected chi connectivity index (χ4v) is 3.77. The maximum Gasteiger partial charge on any atom is 0.295 e. The van der Waals surface area contributed by atoms with Crippen LogP contribution in [0.15, 0.2) is 62.9 Å². The van der Waals surface area contributed by atoms with Crippen LogP contribution in [0, 0.1) is 12.8 Å². The maximum atomic E-state index is 13.3. The number of furan rings is 1. The highest BCUT2D eigenvalue weighted by Crippen LogP contribution is 2.43. The van der Waals surface area contributed by atoms with E-state index in [1.807, 2.05) is 0 Å². The number of methoxy groups -OCH3 is 1. The van der Waals surface area contributed by atoms with Crippen molar-refractivity contribution >= 4 is 17.5 Å². The zero-order valence-corrected chi connectivity index (χ0v) is 19.4. The number of hydrogen-bond acceptors (Lipinski definition) is 8. The quantitative estimate of drug-likeness (QED) is 0.448. The van der Waals surface area contributed by atoms with Crippen LogP contribution in [0.3, 0.4) is 0 Å². The number of ketones is 1. The van der Waals surface area contributed by atoms with Crippen molar-refractivity contribution in [3.8, 4) is 11.5 Å². The van der Waals surface area contributed by atoms with Crippen LogP contribution in [0.5, 0.6) is 11.5 Å². The van der Waals surface area contributed by atoms with Crippen LogP contribution in [-0.2, 0) is 4.79 Å². The van der Waals surface area contributed by atoms with E-state index >= 15 is 0 Å². The normalized spacial score (nSPS) is 16.0. The molecule has 0 bridgehead atoms. The number of aryl methyl sites for hydroxylation is 1. The summed E-state index contributed by atoms with van der Waals surface area (Å²) in [7, 11) is 1.51. The molecule has 178 valence electrons. The van der Waals surface area contributed by atoms with Gasteiger partial charge < -0.3 is 23.5 Å². The predicted molar refractivity (Wildman–Crippen MR) is 122 cm³/mol. The fourth-order valence-electron chi connectivity index (χ4n) is 3.77. The highest BCUT2D eigenvalue weighted by molar-refractivity contribution is 6.19. The Hall–Kier alpha value is -4.01. The molecule has 1 unspecified atom stereocenters.